The monoisotopic (exact) mass is 355 g/mol. The molecule has 4 rings (SSSR count). The summed E-state index contributed by atoms with van der Waals surface area (Å²) in [5.41, 5.74) is 2.69. The second-order valence-corrected chi connectivity index (χ2v) is 5.77. The number of carboxylic acids is 1. The Bertz CT molecular complexity index is 986. The van der Waals surface area contributed by atoms with Crippen LogP contribution in [-0.4, -0.2) is 53.2 Å². The molecule has 2 aromatic carbocycles. The van der Waals surface area contributed by atoms with Gasteiger partial charge in [-0.25, -0.2) is 9.80 Å². The zero-order valence-corrected chi connectivity index (χ0v) is 14.2. The van der Waals surface area contributed by atoms with E-state index in [0.29, 0.717) is 23.7 Å². The predicted molar refractivity (Wildman–Crippen MR) is 94.6 cm³/mol. The Labute approximate surface area is 148 Å². The van der Waals surface area contributed by atoms with Gasteiger partial charge < -0.3 is 19.9 Å². The Balaban J connectivity index is 1.96. The third-order valence-electron chi connectivity index (χ3n) is 4.29. The Morgan fingerprint density at radius 2 is 2.08 bits per heavy atom. The molecule has 0 saturated carbocycles. The van der Waals surface area contributed by atoms with E-state index in [0.717, 1.165) is 11.0 Å². The molecule has 3 aromatic rings. The van der Waals surface area contributed by atoms with Crippen molar-refractivity contribution in [1.82, 2.24) is 15.1 Å². The maximum Gasteiger partial charge on any atom is 0.337 e. The number of nitrogens with one attached hydrogen (secondary N) is 1. The molecule has 1 atom stereocenters. The molecule has 0 saturated heterocycles. The first-order chi connectivity index (χ1) is 12.7. The van der Waals surface area contributed by atoms with Crippen LogP contribution in [0.3, 0.4) is 0 Å². The first-order valence-electron chi connectivity index (χ1n) is 7.95. The van der Waals surface area contributed by atoms with Gasteiger partial charge in [-0.2, -0.15) is 0 Å². The molecule has 0 spiro atoms. The van der Waals surface area contributed by atoms with Crippen molar-refractivity contribution in [1.29, 1.82) is 0 Å². The highest BCUT2D eigenvalue weighted by Crippen LogP contribution is 2.45. The van der Waals surface area contributed by atoms with E-state index < -0.39 is 5.97 Å². The zero-order chi connectivity index (χ0) is 18.3. The van der Waals surface area contributed by atoms with Crippen LogP contribution in [0.25, 0.3) is 11.0 Å². The van der Waals surface area contributed by atoms with E-state index in [9.17, 15) is 9.90 Å². The number of aromatic nitrogens is 3. The summed E-state index contributed by atoms with van der Waals surface area (Å²) in [5.74, 6) is -0.506. The highest BCUT2D eigenvalue weighted by Gasteiger charge is 2.37. The molecule has 1 aliphatic rings. The van der Waals surface area contributed by atoms with Crippen LogP contribution in [0.4, 0.5) is 11.4 Å². The van der Waals surface area contributed by atoms with Crippen molar-refractivity contribution in [2.24, 2.45) is 0 Å². The highest BCUT2D eigenvalue weighted by molar-refractivity contribution is 6.01. The van der Waals surface area contributed by atoms with Crippen molar-refractivity contribution < 1.29 is 19.4 Å². The van der Waals surface area contributed by atoms with Gasteiger partial charge in [0, 0.05) is 7.11 Å². The quantitative estimate of drug-likeness (QED) is 0.714. The van der Waals surface area contributed by atoms with Gasteiger partial charge in [0.05, 0.1) is 25.0 Å². The number of carbonyl (C=O) groups is 1. The second-order valence-electron chi connectivity index (χ2n) is 5.77. The number of benzene rings is 2. The average Bonchev–Trinajstić information content (AvgIpc) is 3.22. The van der Waals surface area contributed by atoms with E-state index in [2.05, 4.69) is 15.6 Å². The maximum absolute atomic E-state index is 11.7. The molecule has 134 valence electrons. The lowest BCUT2D eigenvalue weighted by molar-refractivity contribution is 0.0698. The standard InChI is InChI=1S/C17H17N5O4/c1-25-9-14-18-15-10(17(23)24)7-8-13(26-2)16(15)21(14)22-12-6-4-3-5-11(12)19-20-22/h3-8,14,18H,9H2,1-2H3,(H,23,24). The minimum absolute atomic E-state index is 0.147. The molecule has 0 fully saturated rings. The van der Waals surface area contributed by atoms with Crippen molar-refractivity contribution in [2.45, 2.75) is 6.17 Å². The van der Waals surface area contributed by atoms with E-state index in [1.807, 2.05) is 24.3 Å². The molecule has 0 bridgehead atoms. The number of methoxy groups -OCH3 is 2. The van der Waals surface area contributed by atoms with E-state index in [-0.39, 0.29) is 11.7 Å². The molecule has 1 aromatic heterocycles. The lowest BCUT2D eigenvalue weighted by Crippen LogP contribution is -2.43. The third-order valence-corrected chi connectivity index (χ3v) is 4.29. The fraction of sp³-hybridized carbons (Fsp3) is 0.235. The maximum atomic E-state index is 11.7. The molecular weight excluding hydrogens is 338 g/mol. The molecule has 9 nitrogen and oxygen atoms in total. The molecule has 0 aliphatic carbocycles. The molecule has 2 N–H and O–H groups in total. The van der Waals surface area contributed by atoms with E-state index in [4.69, 9.17) is 9.47 Å². The van der Waals surface area contributed by atoms with Crippen LogP contribution in [-0.2, 0) is 4.74 Å². The smallest absolute Gasteiger partial charge is 0.337 e. The summed E-state index contributed by atoms with van der Waals surface area (Å²) < 4.78 is 10.8. The minimum Gasteiger partial charge on any atom is -0.494 e. The largest absolute Gasteiger partial charge is 0.494 e. The van der Waals surface area contributed by atoms with Crippen LogP contribution in [0, 0.1) is 0 Å². The van der Waals surface area contributed by atoms with Crippen LogP contribution in [0.1, 0.15) is 10.4 Å². The number of fused-ring (bicyclic) bond motifs is 2. The van der Waals surface area contributed by atoms with Crippen LogP contribution in [0.5, 0.6) is 5.75 Å². The number of hydrogen-bond donors (Lipinski definition) is 2. The zero-order valence-electron chi connectivity index (χ0n) is 14.2. The van der Waals surface area contributed by atoms with Crippen LogP contribution in [0.15, 0.2) is 36.4 Å². The topological polar surface area (TPSA) is 102 Å². The SMILES string of the molecule is COCC1Nc2c(C(=O)O)ccc(OC)c2N1n1nnc2ccccc21. The molecule has 26 heavy (non-hydrogen) atoms. The second kappa shape index (κ2) is 6.19. The molecule has 9 heteroatoms. The highest BCUT2D eigenvalue weighted by atomic mass is 16.5. The molecule has 0 radical (unpaired) electrons. The van der Waals surface area contributed by atoms with Gasteiger partial charge in [-0.15, -0.1) is 9.89 Å². The molecule has 2 heterocycles. The number of hydrogen-bond acceptors (Lipinski definition) is 7. The first kappa shape index (κ1) is 16.2. The van der Waals surface area contributed by atoms with Crippen molar-refractivity contribution in [3.63, 3.8) is 0 Å². The number of nitrogens with zero attached hydrogens (tertiary/aromatic N) is 4. The number of rotatable bonds is 5. The normalized spacial score (nSPS) is 15.8. The van der Waals surface area contributed by atoms with Gasteiger partial charge >= 0.3 is 5.97 Å². The summed E-state index contributed by atoms with van der Waals surface area (Å²) in [5, 5.41) is 23.0. The summed E-state index contributed by atoms with van der Waals surface area (Å²) in [7, 11) is 3.12. The Morgan fingerprint density at radius 1 is 1.27 bits per heavy atom. The first-order valence-corrected chi connectivity index (χ1v) is 7.95. The summed E-state index contributed by atoms with van der Waals surface area (Å²) >= 11 is 0. The van der Waals surface area contributed by atoms with Gasteiger partial charge in [0.1, 0.15) is 28.6 Å². The molecular formula is C17H17N5O4. The van der Waals surface area contributed by atoms with Crippen molar-refractivity contribution in [2.75, 3.05) is 31.2 Å². The van der Waals surface area contributed by atoms with Crippen molar-refractivity contribution in [3.8, 4) is 5.75 Å². The van der Waals surface area contributed by atoms with Crippen LogP contribution < -0.4 is 15.1 Å². The number of ether oxygens (including phenoxy) is 2. The van der Waals surface area contributed by atoms with E-state index in [1.54, 1.807) is 23.0 Å². The summed E-state index contributed by atoms with van der Waals surface area (Å²) in [6.07, 6.45) is -0.380. The summed E-state index contributed by atoms with van der Waals surface area (Å²) in [4.78, 5) is 13.3. The Hall–Kier alpha value is -3.33. The van der Waals surface area contributed by atoms with Gasteiger partial charge in [-0.1, -0.05) is 12.1 Å². The number of para-hydroxylation sites is 1. The Morgan fingerprint density at radius 3 is 2.81 bits per heavy atom. The number of carboxylic acid groups (broad SMARTS) is 1. The third kappa shape index (κ3) is 2.32. The van der Waals surface area contributed by atoms with Crippen LogP contribution >= 0.6 is 0 Å². The number of aromatic carboxylic acids is 1. The van der Waals surface area contributed by atoms with Gasteiger partial charge in [0.25, 0.3) is 0 Å². The molecule has 1 aliphatic heterocycles. The van der Waals surface area contributed by atoms with Crippen molar-refractivity contribution in [3.05, 3.63) is 42.0 Å². The molecule has 1 unspecified atom stereocenters. The average molecular weight is 355 g/mol. The summed E-state index contributed by atoms with van der Waals surface area (Å²) in [6, 6.07) is 10.7. The lowest BCUT2D eigenvalue weighted by atomic mass is 10.1. The minimum atomic E-state index is -1.03. The van der Waals surface area contributed by atoms with Gasteiger partial charge in [0.15, 0.2) is 0 Å². The Kier molecular flexibility index (Phi) is 3.85. The lowest BCUT2D eigenvalue weighted by Gasteiger charge is -2.26. The van der Waals surface area contributed by atoms with Gasteiger partial charge in [-0.3, -0.25) is 0 Å². The van der Waals surface area contributed by atoms with Crippen LogP contribution in [0.2, 0.25) is 0 Å². The fourth-order valence-electron chi connectivity index (χ4n) is 3.18. The van der Waals surface area contributed by atoms with E-state index >= 15 is 0 Å². The number of anilines is 2. The fourth-order valence-corrected chi connectivity index (χ4v) is 3.18. The van der Waals surface area contributed by atoms with Gasteiger partial charge in [-0.05, 0) is 29.5 Å². The predicted octanol–water partition coefficient (Wildman–Crippen LogP) is 1.81. The molecule has 0 amide bonds. The van der Waals surface area contributed by atoms with Gasteiger partial charge in [0.2, 0.25) is 0 Å². The summed E-state index contributed by atoms with van der Waals surface area (Å²) in [6.45, 7) is 0.297. The van der Waals surface area contributed by atoms with E-state index in [1.165, 1.54) is 13.2 Å². The van der Waals surface area contributed by atoms with Crippen molar-refractivity contribution >= 4 is 28.4 Å².